The number of aromatic nitrogens is 5. The zero-order valence-electron chi connectivity index (χ0n) is 16.5. The molecule has 0 amide bonds. The molecule has 1 saturated heterocycles. The average molecular weight is 392 g/mol. The van der Waals surface area contributed by atoms with E-state index in [0.29, 0.717) is 23.6 Å². The van der Waals surface area contributed by atoms with Crippen molar-refractivity contribution in [1.82, 2.24) is 24.6 Å². The summed E-state index contributed by atoms with van der Waals surface area (Å²) in [6.45, 7) is 1.63. The van der Waals surface area contributed by atoms with Gasteiger partial charge in [-0.05, 0) is 31.1 Å². The van der Waals surface area contributed by atoms with Gasteiger partial charge in [0.2, 0.25) is 5.95 Å². The van der Waals surface area contributed by atoms with Gasteiger partial charge in [-0.2, -0.15) is 9.61 Å². The average Bonchev–Trinajstić information content (AvgIpc) is 3.14. The number of aliphatic hydroxyl groups excluding tert-OH is 1. The largest absolute Gasteiger partial charge is 0.396 e. The van der Waals surface area contributed by atoms with Gasteiger partial charge in [-0.3, -0.25) is 0 Å². The first-order valence-corrected chi connectivity index (χ1v) is 9.94. The molecule has 3 N–H and O–H groups in total. The molecule has 0 saturated carbocycles. The van der Waals surface area contributed by atoms with Crippen LogP contribution in [0.5, 0.6) is 0 Å². The summed E-state index contributed by atoms with van der Waals surface area (Å²) < 4.78 is 1.71. The molecule has 0 aromatic carbocycles. The fourth-order valence-corrected chi connectivity index (χ4v) is 3.76. The van der Waals surface area contributed by atoms with Crippen LogP contribution < -0.4 is 21.0 Å². The smallest absolute Gasteiger partial charge is 0.222 e. The molecule has 3 aromatic rings. The van der Waals surface area contributed by atoms with Crippen molar-refractivity contribution in [2.45, 2.75) is 38.3 Å². The fourth-order valence-electron chi connectivity index (χ4n) is 3.76. The lowest BCUT2D eigenvalue weighted by atomic mass is 9.99. The Hall–Kier alpha value is -2.88. The molecule has 4 rings (SSSR count). The Morgan fingerprint density at radius 3 is 2.83 bits per heavy atom. The molecule has 10 heteroatoms. The number of nitrogens with zero attached hydrogens (tertiary/aromatic N) is 6. The van der Waals surface area contributed by atoms with E-state index in [0.717, 1.165) is 43.0 Å². The van der Waals surface area contributed by atoms with Crippen LogP contribution in [0, 0.1) is 0 Å². The topological polar surface area (TPSA) is 104 Å². The van der Waals surface area contributed by atoms with Crippen LogP contribution >= 0.6 is 0 Å². The van der Waals surface area contributed by atoms with E-state index < -0.39 is 0 Å². The lowest BCUT2D eigenvalue weighted by Crippen LogP contribution is -2.40. The Kier molecular flexibility index (Phi) is 5.80. The highest BCUT2D eigenvalue weighted by molar-refractivity contribution is 6.36. The number of rotatable bonds is 7. The molecule has 4 heterocycles. The van der Waals surface area contributed by atoms with Crippen LogP contribution in [0.15, 0.2) is 24.7 Å². The van der Waals surface area contributed by atoms with Gasteiger partial charge in [-0.15, -0.1) is 0 Å². The van der Waals surface area contributed by atoms with Crippen molar-refractivity contribution in [3.63, 3.8) is 0 Å². The quantitative estimate of drug-likeness (QED) is 0.505. The summed E-state index contributed by atoms with van der Waals surface area (Å²) in [6, 6.07) is 2.28. The van der Waals surface area contributed by atoms with Gasteiger partial charge in [0.25, 0.3) is 0 Å². The molecule has 1 aliphatic heterocycles. The maximum atomic E-state index is 9.46. The van der Waals surface area contributed by atoms with Crippen LogP contribution in [-0.2, 0) is 6.54 Å². The minimum Gasteiger partial charge on any atom is -0.396 e. The molecule has 0 spiro atoms. The first-order valence-electron chi connectivity index (χ1n) is 9.94. The summed E-state index contributed by atoms with van der Waals surface area (Å²) >= 11 is 0. The normalized spacial score (nSPS) is 16.9. The minimum absolute atomic E-state index is 0.173. The molecule has 1 aliphatic rings. The molecule has 1 atom stereocenters. The van der Waals surface area contributed by atoms with Crippen LogP contribution in [-0.4, -0.2) is 63.8 Å². The molecule has 0 unspecified atom stereocenters. The van der Waals surface area contributed by atoms with Gasteiger partial charge < -0.3 is 20.6 Å². The summed E-state index contributed by atoms with van der Waals surface area (Å²) in [4.78, 5) is 15.6. The molecule has 1 fully saturated rings. The molecule has 0 bridgehead atoms. The second-order valence-electron chi connectivity index (χ2n) is 7.21. The molecule has 0 aliphatic carbocycles. The van der Waals surface area contributed by atoms with Crippen molar-refractivity contribution in [2.75, 3.05) is 35.7 Å². The Balaban J connectivity index is 1.63. The predicted molar refractivity (Wildman–Crippen MR) is 114 cm³/mol. The van der Waals surface area contributed by atoms with E-state index in [1.54, 1.807) is 30.2 Å². The van der Waals surface area contributed by atoms with Gasteiger partial charge in [0.15, 0.2) is 5.65 Å². The standard InChI is InChI=1S/C19H25BN8O/c1-21-19-23-10-13(11-24-19)9-22-16-8-17(26-18-15(20)12-25-28(16)18)27-6-3-2-4-14(27)5-7-29/h8,10-12,14,22,29H,2-7,9H2,1H3,(H,21,23,24)/t14-/m0/s1. The molecule has 150 valence electrons. The second-order valence-corrected chi connectivity index (χ2v) is 7.21. The zero-order chi connectivity index (χ0) is 20.2. The Bertz CT molecular complexity index is 959. The lowest BCUT2D eigenvalue weighted by molar-refractivity contribution is 0.262. The highest BCUT2D eigenvalue weighted by Crippen LogP contribution is 2.27. The summed E-state index contributed by atoms with van der Waals surface area (Å²) in [5, 5.41) is 20.1. The summed E-state index contributed by atoms with van der Waals surface area (Å²) in [5.74, 6) is 2.24. The van der Waals surface area contributed by atoms with Crippen molar-refractivity contribution in [2.24, 2.45) is 0 Å². The molecule has 3 aromatic heterocycles. The van der Waals surface area contributed by atoms with Crippen LogP contribution in [0.4, 0.5) is 17.6 Å². The Labute approximate surface area is 171 Å². The van der Waals surface area contributed by atoms with E-state index in [4.69, 9.17) is 12.8 Å². The Morgan fingerprint density at radius 1 is 1.24 bits per heavy atom. The summed E-state index contributed by atoms with van der Waals surface area (Å²) in [5.41, 5.74) is 2.11. The fraction of sp³-hybridized carbons (Fsp3) is 0.474. The number of fused-ring (bicyclic) bond motifs is 1. The van der Waals surface area contributed by atoms with Crippen LogP contribution in [0.2, 0.25) is 0 Å². The van der Waals surface area contributed by atoms with Crippen molar-refractivity contribution >= 4 is 36.5 Å². The minimum atomic E-state index is 0.173. The van der Waals surface area contributed by atoms with E-state index in [1.165, 1.54) is 6.42 Å². The maximum absolute atomic E-state index is 9.46. The van der Waals surface area contributed by atoms with Gasteiger partial charge in [-0.25, -0.2) is 15.0 Å². The van der Waals surface area contributed by atoms with E-state index in [2.05, 4.69) is 30.6 Å². The molecule has 2 radical (unpaired) electrons. The SMILES string of the molecule is [B]c1cnn2c(NCc3cnc(NC)nc3)cc(N3CCCC[C@H]3CCO)nc12. The molecule has 29 heavy (non-hydrogen) atoms. The van der Waals surface area contributed by atoms with Crippen molar-refractivity contribution in [1.29, 1.82) is 0 Å². The van der Waals surface area contributed by atoms with Crippen LogP contribution in [0.1, 0.15) is 31.2 Å². The second kappa shape index (κ2) is 8.65. The highest BCUT2D eigenvalue weighted by atomic mass is 16.3. The highest BCUT2D eigenvalue weighted by Gasteiger charge is 2.24. The number of aliphatic hydroxyl groups is 1. The first kappa shape index (κ1) is 19.4. The van der Waals surface area contributed by atoms with Crippen LogP contribution in [0.25, 0.3) is 5.65 Å². The van der Waals surface area contributed by atoms with Crippen molar-refractivity contribution in [3.05, 3.63) is 30.2 Å². The van der Waals surface area contributed by atoms with Crippen molar-refractivity contribution in [3.8, 4) is 0 Å². The lowest BCUT2D eigenvalue weighted by Gasteiger charge is -2.36. The van der Waals surface area contributed by atoms with Gasteiger partial charge >= 0.3 is 0 Å². The number of nitrogens with one attached hydrogen (secondary N) is 2. The van der Waals surface area contributed by atoms with E-state index in [9.17, 15) is 5.11 Å². The van der Waals surface area contributed by atoms with Gasteiger partial charge in [0, 0.05) is 63.0 Å². The van der Waals surface area contributed by atoms with Crippen molar-refractivity contribution < 1.29 is 5.11 Å². The maximum Gasteiger partial charge on any atom is 0.222 e. The molecular weight excluding hydrogens is 367 g/mol. The van der Waals surface area contributed by atoms with Gasteiger partial charge in [0.1, 0.15) is 19.5 Å². The van der Waals surface area contributed by atoms with E-state index >= 15 is 0 Å². The molecule has 9 nitrogen and oxygen atoms in total. The summed E-state index contributed by atoms with van der Waals surface area (Å²) in [6.07, 6.45) is 9.26. The predicted octanol–water partition coefficient (Wildman–Crippen LogP) is 0.708. The number of hydrogen-bond acceptors (Lipinski definition) is 8. The molecular formula is C19H25BN8O. The number of hydrogen-bond donors (Lipinski definition) is 3. The zero-order valence-corrected chi connectivity index (χ0v) is 16.5. The third kappa shape index (κ3) is 4.12. The van der Waals surface area contributed by atoms with E-state index in [1.807, 2.05) is 6.07 Å². The van der Waals surface area contributed by atoms with Crippen LogP contribution in [0.3, 0.4) is 0 Å². The van der Waals surface area contributed by atoms with Gasteiger partial charge in [0.05, 0.1) is 0 Å². The number of anilines is 3. The van der Waals surface area contributed by atoms with Gasteiger partial charge in [-0.1, -0.05) is 0 Å². The monoisotopic (exact) mass is 392 g/mol. The van der Waals surface area contributed by atoms with E-state index in [-0.39, 0.29) is 12.6 Å². The third-order valence-corrected chi connectivity index (χ3v) is 5.27. The number of piperidine rings is 1. The first-order chi connectivity index (χ1) is 14.2. The summed E-state index contributed by atoms with van der Waals surface area (Å²) in [7, 11) is 7.90. The Morgan fingerprint density at radius 2 is 2.07 bits per heavy atom. The third-order valence-electron chi connectivity index (χ3n) is 5.27.